The summed E-state index contributed by atoms with van der Waals surface area (Å²) in [6, 6.07) is 50.5. The second kappa shape index (κ2) is 8.75. The summed E-state index contributed by atoms with van der Waals surface area (Å²) < 4.78 is 0. The summed E-state index contributed by atoms with van der Waals surface area (Å²) in [5.41, 5.74) is 11.3. The lowest BCUT2D eigenvalue weighted by Gasteiger charge is -2.30. The summed E-state index contributed by atoms with van der Waals surface area (Å²) in [5, 5.41) is 2.60. The first kappa shape index (κ1) is 22.6. The van der Waals surface area contributed by atoms with E-state index in [1.54, 1.807) is 0 Å². The molecular weight excluding hydrogens is 458 g/mol. The van der Waals surface area contributed by atoms with Gasteiger partial charge in [0.05, 0.1) is 5.69 Å². The molecule has 0 atom stereocenters. The molecular formula is C37H29N. The highest BCUT2D eigenvalue weighted by Gasteiger charge is 2.39. The third kappa shape index (κ3) is 3.47. The first-order chi connectivity index (χ1) is 18.6. The zero-order valence-corrected chi connectivity index (χ0v) is 21.7. The van der Waals surface area contributed by atoms with Gasteiger partial charge in [0.15, 0.2) is 0 Å². The zero-order valence-electron chi connectivity index (χ0n) is 21.7. The van der Waals surface area contributed by atoms with Crippen molar-refractivity contribution in [3.8, 4) is 22.3 Å². The van der Waals surface area contributed by atoms with Crippen LogP contribution < -0.4 is 4.90 Å². The van der Waals surface area contributed by atoms with Crippen molar-refractivity contribution in [2.24, 2.45) is 0 Å². The lowest BCUT2D eigenvalue weighted by Crippen LogP contribution is -2.16. The van der Waals surface area contributed by atoms with Gasteiger partial charge in [0.1, 0.15) is 0 Å². The standard InChI is InChI=1S/C37H29N/c1-37(2)33-20-12-11-19-32(33)35-34(25-28-15-9-10-18-31(28)36(35)37)38(29-16-7-4-8-17-29)30-23-21-27(22-24-30)26-13-5-3-6-14-26/h3-25H,1-2H3. The van der Waals surface area contributed by atoms with Gasteiger partial charge in [0.2, 0.25) is 0 Å². The Bertz CT molecular complexity index is 1760. The first-order valence-electron chi connectivity index (χ1n) is 13.3. The third-order valence-electron chi connectivity index (χ3n) is 8.01. The molecule has 0 saturated carbocycles. The van der Waals surface area contributed by atoms with E-state index >= 15 is 0 Å². The Kier molecular flexibility index (Phi) is 5.19. The second-order valence-corrected chi connectivity index (χ2v) is 10.6. The molecule has 0 aliphatic heterocycles. The van der Waals surface area contributed by atoms with E-state index in [0.717, 1.165) is 11.4 Å². The number of fused-ring (bicyclic) bond motifs is 5. The predicted molar refractivity (Wildman–Crippen MR) is 162 cm³/mol. The normalized spacial score (nSPS) is 13.2. The number of para-hydroxylation sites is 1. The Balaban J connectivity index is 1.52. The highest BCUT2D eigenvalue weighted by molar-refractivity contribution is 6.05. The molecule has 1 aliphatic rings. The molecule has 6 aromatic rings. The molecule has 0 unspecified atom stereocenters. The number of benzene rings is 6. The topological polar surface area (TPSA) is 3.24 Å². The SMILES string of the molecule is CC1(C)c2ccccc2-c2c(N(c3ccccc3)c3ccc(-c4ccccc4)cc3)cc3ccccc3c21. The van der Waals surface area contributed by atoms with Gasteiger partial charge in [-0.1, -0.05) is 123 Å². The van der Waals surface area contributed by atoms with Crippen molar-refractivity contribution in [1.82, 2.24) is 0 Å². The molecule has 1 aliphatic carbocycles. The minimum Gasteiger partial charge on any atom is -0.310 e. The summed E-state index contributed by atoms with van der Waals surface area (Å²) in [6.07, 6.45) is 0. The highest BCUT2D eigenvalue weighted by Crippen LogP contribution is 2.56. The fraction of sp³-hybridized carbons (Fsp3) is 0.0811. The van der Waals surface area contributed by atoms with Crippen LogP contribution in [0.3, 0.4) is 0 Å². The van der Waals surface area contributed by atoms with E-state index in [0.29, 0.717) is 0 Å². The maximum Gasteiger partial charge on any atom is 0.0549 e. The molecule has 7 rings (SSSR count). The van der Waals surface area contributed by atoms with Crippen LogP contribution in [-0.2, 0) is 5.41 Å². The van der Waals surface area contributed by atoms with Gasteiger partial charge >= 0.3 is 0 Å². The summed E-state index contributed by atoms with van der Waals surface area (Å²) in [6.45, 7) is 4.74. The Morgan fingerprint density at radius 2 is 1.11 bits per heavy atom. The molecule has 182 valence electrons. The van der Waals surface area contributed by atoms with Gasteiger partial charge in [-0.25, -0.2) is 0 Å². The average molecular weight is 488 g/mol. The minimum absolute atomic E-state index is 0.0962. The molecule has 6 aromatic carbocycles. The molecule has 0 aromatic heterocycles. The van der Waals surface area contributed by atoms with Crippen LogP contribution in [-0.4, -0.2) is 0 Å². The van der Waals surface area contributed by atoms with Gasteiger partial charge in [-0.2, -0.15) is 0 Å². The van der Waals surface area contributed by atoms with Gasteiger partial charge < -0.3 is 4.90 Å². The molecule has 0 heterocycles. The summed E-state index contributed by atoms with van der Waals surface area (Å²) in [7, 11) is 0. The molecule has 1 heteroatoms. The zero-order chi connectivity index (χ0) is 25.7. The predicted octanol–water partition coefficient (Wildman–Crippen LogP) is 10.3. The lowest BCUT2D eigenvalue weighted by atomic mass is 9.80. The summed E-state index contributed by atoms with van der Waals surface area (Å²) in [4.78, 5) is 2.43. The Morgan fingerprint density at radius 3 is 1.87 bits per heavy atom. The Morgan fingerprint density at radius 1 is 0.526 bits per heavy atom. The van der Waals surface area contributed by atoms with E-state index in [1.165, 1.54) is 49.8 Å². The van der Waals surface area contributed by atoms with Crippen LogP contribution in [0.1, 0.15) is 25.0 Å². The van der Waals surface area contributed by atoms with Crippen molar-refractivity contribution in [2.75, 3.05) is 4.90 Å². The van der Waals surface area contributed by atoms with Crippen LogP contribution in [0.15, 0.2) is 140 Å². The Labute approximate surface area is 224 Å². The molecule has 0 radical (unpaired) electrons. The first-order valence-corrected chi connectivity index (χ1v) is 13.3. The monoisotopic (exact) mass is 487 g/mol. The number of hydrogen-bond donors (Lipinski definition) is 0. The molecule has 38 heavy (non-hydrogen) atoms. The largest absolute Gasteiger partial charge is 0.310 e. The number of anilines is 3. The number of hydrogen-bond acceptors (Lipinski definition) is 1. The van der Waals surface area contributed by atoms with Crippen LogP contribution in [0, 0.1) is 0 Å². The van der Waals surface area contributed by atoms with Gasteiger partial charge in [0, 0.05) is 22.4 Å². The summed E-state index contributed by atoms with van der Waals surface area (Å²) >= 11 is 0. The van der Waals surface area contributed by atoms with Gasteiger partial charge in [0.25, 0.3) is 0 Å². The minimum atomic E-state index is -0.0962. The van der Waals surface area contributed by atoms with Crippen molar-refractivity contribution in [1.29, 1.82) is 0 Å². The number of rotatable bonds is 4. The smallest absolute Gasteiger partial charge is 0.0549 e. The van der Waals surface area contributed by atoms with Crippen LogP contribution >= 0.6 is 0 Å². The van der Waals surface area contributed by atoms with Crippen LogP contribution in [0.25, 0.3) is 33.0 Å². The van der Waals surface area contributed by atoms with E-state index in [-0.39, 0.29) is 5.41 Å². The average Bonchev–Trinajstić information content (AvgIpc) is 3.22. The van der Waals surface area contributed by atoms with E-state index < -0.39 is 0 Å². The molecule has 1 nitrogen and oxygen atoms in total. The van der Waals surface area contributed by atoms with Crippen LogP contribution in [0.2, 0.25) is 0 Å². The van der Waals surface area contributed by atoms with Crippen molar-refractivity contribution in [3.63, 3.8) is 0 Å². The summed E-state index contributed by atoms with van der Waals surface area (Å²) in [5.74, 6) is 0. The van der Waals surface area contributed by atoms with Crippen molar-refractivity contribution in [3.05, 3.63) is 151 Å². The van der Waals surface area contributed by atoms with Gasteiger partial charge in [-0.05, 0) is 68.9 Å². The second-order valence-electron chi connectivity index (χ2n) is 10.6. The molecule has 0 bridgehead atoms. The highest BCUT2D eigenvalue weighted by atomic mass is 15.1. The molecule has 0 fully saturated rings. The van der Waals surface area contributed by atoms with Crippen LogP contribution in [0.5, 0.6) is 0 Å². The Hall–Kier alpha value is -4.62. The molecule has 0 amide bonds. The van der Waals surface area contributed by atoms with E-state index in [4.69, 9.17) is 0 Å². The van der Waals surface area contributed by atoms with Crippen molar-refractivity contribution < 1.29 is 0 Å². The fourth-order valence-electron chi connectivity index (χ4n) is 6.25. The lowest BCUT2D eigenvalue weighted by molar-refractivity contribution is 0.666. The van der Waals surface area contributed by atoms with E-state index in [1.807, 2.05) is 0 Å². The van der Waals surface area contributed by atoms with Crippen molar-refractivity contribution in [2.45, 2.75) is 19.3 Å². The van der Waals surface area contributed by atoms with E-state index in [9.17, 15) is 0 Å². The fourth-order valence-corrected chi connectivity index (χ4v) is 6.25. The number of nitrogens with zero attached hydrogens (tertiary/aromatic N) is 1. The van der Waals surface area contributed by atoms with Crippen molar-refractivity contribution >= 4 is 27.8 Å². The molecule has 0 N–H and O–H groups in total. The quantitative estimate of drug-likeness (QED) is 0.239. The maximum atomic E-state index is 2.43. The third-order valence-corrected chi connectivity index (χ3v) is 8.01. The maximum absolute atomic E-state index is 2.43. The van der Waals surface area contributed by atoms with Gasteiger partial charge in [-0.3, -0.25) is 0 Å². The van der Waals surface area contributed by atoms with Gasteiger partial charge in [-0.15, -0.1) is 0 Å². The van der Waals surface area contributed by atoms with E-state index in [2.05, 4.69) is 158 Å². The molecule has 0 spiro atoms. The molecule has 0 saturated heterocycles. The van der Waals surface area contributed by atoms with Crippen LogP contribution in [0.4, 0.5) is 17.1 Å².